The number of hydrogen-bond acceptors (Lipinski definition) is 5. The van der Waals surface area contributed by atoms with E-state index in [1.54, 1.807) is 12.1 Å². The molecule has 0 radical (unpaired) electrons. The maximum atomic E-state index is 12.1. The number of rotatable bonds is 9. The van der Waals surface area contributed by atoms with E-state index in [2.05, 4.69) is 18.7 Å². The molecule has 1 aromatic carbocycles. The Morgan fingerprint density at radius 3 is 2.83 bits per heavy atom. The average molecular weight is 423 g/mol. The summed E-state index contributed by atoms with van der Waals surface area (Å²) in [7, 11) is -3.29. The van der Waals surface area contributed by atoms with Crippen LogP contribution in [0, 0.1) is 0 Å². The number of fused-ring (bicyclic) bond motifs is 1. The van der Waals surface area contributed by atoms with E-state index in [0.717, 1.165) is 63.8 Å². The van der Waals surface area contributed by atoms with Crippen LogP contribution in [0.4, 0.5) is 0 Å². The van der Waals surface area contributed by atoms with Crippen LogP contribution in [0.3, 0.4) is 0 Å². The number of nitrogens with zero attached hydrogens (tertiary/aromatic N) is 2. The molecule has 0 bridgehead atoms. The fourth-order valence-corrected chi connectivity index (χ4v) is 5.47. The summed E-state index contributed by atoms with van der Waals surface area (Å²) < 4.78 is 29.4. The van der Waals surface area contributed by atoms with Crippen LogP contribution in [0.2, 0.25) is 0 Å². The molecule has 7 heteroatoms. The maximum Gasteiger partial charge on any atom is 0.222 e. The van der Waals surface area contributed by atoms with E-state index in [1.807, 2.05) is 11.0 Å². The lowest BCUT2D eigenvalue weighted by atomic mass is 10.1. The molecule has 2 aliphatic rings. The summed E-state index contributed by atoms with van der Waals surface area (Å²) >= 11 is 0. The largest absolute Gasteiger partial charge is 0.476 e. The molecule has 1 fully saturated rings. The number of amides is 1. The molecule has 1 atom stereocenters. The second kappa shape index (κ2) is 9.94. The normalized spacial score (nSPS) is 19.7. The molecule has 1 saturated heterocycles. The zero-order chi connectivity index (χ0) is 20.9. The number of likely N-dealkylation sites (N-methyl/N-ethyl adjacent to an activating group) is 1. The van der Waals surface area contributed by atoms with E-state index in [-0.39, 0.29) is 5.94 Å². The van der Waals surface area contributed by atoms with Gasteiger partial charge in [-0.05, 0) is 69.8 Å². The standard InChI is InChI=1S/C22H34N2O4S/c1-3-23(12-7-8-14-24-13-6-4-5-9-22(24)25)18(2)15-19-10-11-20-21(16-19)29(26,27)17-28-20/h10-11,16,18H,3-9,12-15,17H2,1-2H3. The van der Waals surface area contributed by atoms with Crippen molar-refractivity contribution >= 4 is 15.7 Å². The molecule has 0 N–H and O–H groups in total. The van der Waals surface area contributed by atoms with Crippen molar-refractivity contribution in [3.8, 4) is 5.75 Å². The minimum absolute atomic E-state index is 0.248. The van der Waals surface area contributed by atoms with E-state index < -0.39 is 9.84 Å². The number of unbranched alkanes of at least 4 members (excludes halogenated alkanes) is 1. The van der Waals surface area contributed by atoms with Crippen molar-refractivity contribution in [2.45, 2.75) is 69.7 Å². The van der Waals surface area contributed by atoms with Crippen LogP contribution in [-0.2, 0) is 21.1 Å². The Hall–Kier alpha value is -1.60. The van der Waals surface area contributed by atoms with Gasteiger partial charge in [-0.15, -0.1) is 0 Å². The second-order valence-corrected chi connectivity index (χ2v) is 10.1. The lowest BCUT2D eigenvalue weighted by Crippen LogP contribution is -2.36. The Balaban J connectivity index is 1.48. The third-order valence-corrected chi connectivity index (χ3v) is 7.49. The average Bonchev–Trinajstić information content (AvgIpc) is 2.85. The Kier molecular flexibility index (Phi) is 7.57. The van der Waals surface area contributed by atoms with Crippen molar-refractivity contribution in [2.75, 3.05) is 32.1 Å². The minimum atomic E-state index is -3.29. The van der Waals surface area contributed by atoms with Crippen LogP contribution in [0.25, 0.3) is 0 Å². The highest BCUT2D eigenvalue weighted by atomic mass is 32.2. The van der Waals surface area contributed by atoms with Gasteiger partial charge < -0.3 is 14.5 Å². The van der Waals surface area contributed by atoms with Gasteiger partial charge in [0.2, 0.25) is 15.7 Å². The summed E-state index contributed by atoms with van der Waals surface area (Å²) in [6.45, 7) is 8.09. The van der Waals surface area contributed by atoms with Gasteiger partial charge in [0.25, 0.3) is 0 Å². The molecule has 2 aliphatic heterocycles. The maximum absolute atomic E-state index is 12.1. The van der Waals surface area contributed by atoms with E-state index in [1.165, 1.54) is 6.42 Å². The van der Waals surface area contributed by atoms with E-state index in [0.29, 0.717) is 29.0 Å². The van der Waals surface area contributed by atoms with E-state index in [4.69, 9.17) is 4.74 Å². The van der Waals surface area contributed by atoms with Crippen LogP contribution >= 0.6 is 0 Å². The van der Waals surface area contributed by atoms with Gasteiger partial charge >= 0.3 is 0 Å². The number of ether oxygens (including phenoxy) is 1. The van der Waals surface area contributed by atoms with Gasteiger partial charge in [0, 0.05) is 25.6 Å². The van der Waals surface area contributed by atoms with Gasteiger partial charge in [-0.1, -0.05) is 19.4 Å². The molecule has 6 nitrogen and oxygen atoms in total. The van der Waals surface area contributed by atoms with Crippen molar-refractivity contribution in [1.29, 1.82) is 0 Å². The number of carbonyl (C=O) groups is 1. The molecule has 1 unspecified atom stereocenters. The highest BCUT2D eigenvalue weighted by Gasteiger charge is 2.28. The van der Waals surface area contributed by atoms with Crippen LogP contribution < -0.4 is 4.74 Å². The number of benzene rings is 1. The van der Waals surface area contributed by atoms with Gasteiger partial charge in [-0.3, -0.25) is 4.79 Å². The van der Waals surface area contributed by atoms with Crippen LogP contribution in [0.15, 0.2) is 23.1 Å². The Morgan fingerprint density at radius 1 is 1.21 bits per heavy atom. The first-order valence-corrected chi connectivity index (χ1v) is 12.6. The van der Waals surface area contributed by atoms with E-state index in [9.17, 15) is 13.2 Å². The number of carbonyl (C=O) groups excluding carboxylic acids is 1. The zero-order valence-electron chi connectivity index (χ0n) is 17.7. The van der Waals surface area contributed by atoms with Gasteiger partial charge in [-0.25, -0.2) is 8.42 Å². The van der Waals surface area contributed by atoms with Crippen LogP contribution in [-0.4, -0.2) is 62.3 Å². The fraction of sp³-hybridized carbons (Fsp3) is 0.682. The van der Waals surface area contributed by atoms with Gasteiger partial charge in [0.05, 0.1) is 0 Å². The lowest BCUT2D eigenvalue weighted by Gasteiger charge is -2.28. The van der Waals surface area contributed by atoms with Crippen molar-refractivity contribution in [3.05, 3.63) is 23.8 Å². The first kappa shape index (κ1) is 22.1. The van der Waals surface area contributed by atoms with Crippen molar-refractivity contribution in [2.24, 2.45) is 0 Å². The summed E-state index contributed by atoms with van der Waals surface area (Å²) in [5, 5.41) is 0. The van der Waals surface area contributed by atoms with Gasteiger partial charge in [0.15, 0.2) is 5.94 Å². The Morgan fingerprint density at radius 2 is 2.03 bits per heavy atom. The van der Waals surface area contributed by atoms with E-state index >= 15 is 0 Å². The molecule has 1 aromatic rings. The topological polar surface area (TPSA) is 66.9 Å². The minimum Gasteiger partial charge on any atom is -0.476 e. The molecule has 162 valence electrons. The third kappa shape index (κ3) is 5.72. The summed E-state index contributed by atoms with van der Waals surface area (Å²) in [5.41, 5.74) is 1.03. The number of sulfone groups is 1. The molecule has 3 rings (SSSR count). The Bertz CT molecular complexity index is 809. The third-order valence-electron chi connectivity index (χ3n) is 6.07. The predicted molar refractivity (Wildman–Crippen MR) is 114 cm³/mol. The van der Waals surface area contributed by atoms with Crippen LogP contribution in [0.5, 0.6) is 5.75 Å². The Labute approximate surface area is 175 Å². The summed E-state index contributed by atoms with van der Waals surface area (Å²) in [4.78, 5) is 16.9. The molecule has 0 aliphatic carbocycles. The highest BCUT2D eigenvalue weighted by Crippen LogP contribution is 2.32. The number of likely N-dealkylation sites (tertiary alicyclic amines) is 1. The molecule has 0 spiro atoms. The molecule has 0 aromatic heterocycles. The first-order chi connectivity index (χ1) is 13.9. The van der Waals surface area contributed by atoms with Crippen molar-refractivity contribution < 1.29 is 17.9 Å². The van der Waals surface area contributed by atoms with Gasteiger partial charge in [-0.2, -0.15) is 0 Å². The number of hydrogen-bond donors (Lipinski definition) is 0. The smallest absolute Gasteiger partial charge is 0.222 e. The molecule has 0 saturated carbocycles. The molecule has 1 amide bonds. The second-order valence-electron chi connectivity index (χ2n) is 8.24. The lowest BCUT2D eigenvalue weighted by molar-refractivity contribution is -0.130. The first-order valence-electron chi connectivity index (χ1n) is 10.9. The zero-order valence-corrected chi connectivity index (χ0v) is 18.5. The molecular formula is C22H34N2O4S. The SMILES string of the molecule is CCN(CCCCN1CCCCCC1=O)C(C)Cc1ccc2c(c1)S(=O)(=O)CO2. The highest BCUT2D eigenvalue weighted by molar-refractivity contribution is 7.91. The van der Waals surface area contributed by atoms with Crippen molar-refractivity contribution in [1.82, 2.24) is 9.80 Å². The monoisotopic (exact) mass is 422 g/mol. The predicted octanol–water partition coefficient (Wildman–Crippen LogP) is 3.25. The molecular weight excluding hydrogens is 388 g/mol. The molecule has 29 heavy (non-hydrogen) atoms. The van der Waals surface area contributed by atoms with Gasteiger partial charge in [0.1, 0.15) is 10.6 Å². The van der Waals surface area contributed by atoms with Crippen LogP contribution in [0.1, 0.15) is 57.9 Å². The van der Waals surface area contributed by atoms with Crippen molar-refractivity contribution in [3.63, 3.8) is 0 Å². The summed E-state index contributed by atoms with van der Waals surface area (Å²) in [6, 6.07) is 5.83. The molecule has 2 heterocycles. The summed E-state index contributed by atoms with van der Waals surface area (Å²) in [5.74, 6) is 0.539. The fourth-order valence-electron chi connectivity index (χ4n) is 4.30. The summed E-state index contributed by atoms with van der Waals surface area (Å²) in [6.07, 6.45) is 6.94. The quantitative estimate of drug-likeness (QED) is 0.572.